The fourth-order valence-electron chi connectivity index (χ4n) is 5.51. The molecule has 2 aliphatic rings. The molecule has 178 valence electrons. The molecule has 0 bridgehead atoms. The molecule has 0 aromatic heterocycles. The zero-order valence-corrected chi connectivity index (χ0v) is 21.0. The Bertz CT molecular complexity index is 960. The second kappa shape index (κ2) is 9.27. The predicted octanol–water partition coefficient (Wildman–Crippen LogP) is 5.42. The van der Waals surface area contributed by atoms with Gasteiger partial charge in [0, 0.05) is 60.4 Å². The molecule has 0 radical (unpaired) electrons. The summed E-state index contributed by atoms with van der Waals surface area (Å²) < 4.78 is 13.4. The summed E-state index contributed by atoms with van der Waals surface area (Å²) in [7, 11) is 0. The Morgan fingerprint density at radius 3 is 2.03 bits per heavy atom. The fraction of sp³-hybridized carbons (Fsp3) is 0.519. The molecular weight excluding hydrogens is 437 g/mol. The van der Waals surface area contributed by atoms with E-state index >= 15 is 0 Å². The Kier molecular flexibility index (Phi) is 6.75. The predicted molar refractivity (Wildman–Crippen MR) is 133 cm³/mol. The minimum atomic E-state index is -0.231. The third kappa shape index (κ3) is 5.04. The molecule has 0 saturated carbocycles. The lowest BCUT2D eigenvalue weighted by molar-refractivity contribution is -0.137. The Balaban J connectivity index is 1.55. The number of anilines is 1. The van der Waals surface area contributed by atoms with Crippen molar-refractivity contribution in [2.24, 2.45) is 5.92 Å². The van der Waals surface area contributed by atoms with Crippen LogP contribution in [0.3, 0.4) is 0 Å². The lowest BCUT2D eigenvalue weighted by atomic mass is 9.87. The van der Waals surface area contributed by atoms with Crippen molar-refractivity contribution in [2.45, 2.75) is 58.2 Å². The largest absolute Gasteiger partial charge is 0.363 e. The van der Waals surface area contributed by atoms with E-state index in [1.807, 2.05) is 24.3 Å². The smallest absolute Gasteiger partial charge is 0.227 e. The average molecular weight is 472 g/mol. The summed E-state index contributed by atoms with van der Waals surface area (Å²) in [5, 5.41) is 0.715. The van der Waals surface area contributed by atoms with Gasteiger partial charge in [-0.3, -0.25) is 9.69 Å². The summed E-state index contributed by atoms with van der Waals surface area (Å²) in [5.74, 6) is 0.0711. The molecule has 0 unspecified atom stereocenters. The van der Waals surface area contributed by atoms with Crippen LogP contribution in [0.4, 0.5) is 10.1 Å². The minimum absolute atomic E-state index is 0.00156. The van der Waals surface area contributed by atoms with Crippen LogP contribution in [0.1, 0.15) is 46.1 Å². The van der Waals surface area contributed by atoms with Gasteiger partial charge in [0.25, 0.3) is 0 Å². The molecule has 33 heavy (non-hydrogen) atoms. The van der Waals surface area contributed by atoms with E-state index in [4.69, 9.17) is 11.6 Å². The van der Waals surface area contributed by atoms with Gasteiger partial charge in [-0.2, -0.15) is 0 Å². The number of likely N-dealkylation sites (tertiary alicyclic amines) is 1. The van der Waals surface area contributed by atoms with E-state index in [1.54, 1.807) is 0 Å². The summed E-state index contributed by atoms with van der Waals surface area (Å²) in [6, 6.07) is 14.9. The maximum atomic E-state index is 13.9. The summed E-state index contributed by atoms with van der Waals surface area (Å²) in [5.41, 5.74) is 2.18. The molecule has 0 spiro atoms. The monoisotopic (exact) mass is 471 g/mol. The average Bonchev–Trinajstić information content (AvgIpc) is 3.20. The summed E-state index contributed by atoms with van der Waals surface area (Å²) in [6.45, 7) is 13.9. The van der Waals surface area contributed by atoms with Crippen molar-refractivity contribution < 1.29 is 9.18 Å². The topological polar surface area (TPSA) is 26.8 Å². The van der Waals surface area contributed by atoms with Gasteiger partial charge in [-0.05, 0) is 76.6 Å². The van der Waals surface area contributed by atoms with Crippen molar-refractivity contribution in [3.05, 3.63) is 64.9 Å². The highest BCUT2D eigenvalue weighted by Crippen LogP contribution is 2.38. The van der Waals surface area contributed by atoms with E-state index in [0.717, 1.165) is 18.8 Å². The van der Waals surface area contributed by atoms with Crippen molar-refractivity contribution in [2.75, 3.05) is 31.1 Å². The van der Waals surface area contributed by atoms with E-state index in [1.165, 1.54) is 17.7 Å². The molecule has 2 fully saturated rings. The first kappa shape index (κ1) is 24.0. The van der Waals surface area contributed by atoms with Crippen molar-refractivity contribution in [1.82, 2.24) is 9.80 Å². The number of halogens is 2. The molecule has 2 aliphatic heterocycles. The Labute approximate surface area is 202 Å². The van der Waals surface area contributed by atoms with Crippen LogP contribution in [0.2, 0.25) is 5.02 Å². The Hall–Kier alpha value is -2.11. The van der Waals surface area contributed by atoms with E-state index in [-0.39, 0.29) is 41.2 Å². The molecule has 4 rings (SSSR count). The quantitative estimate of drug-likeness (QED) is 0.598. The molecule has 6 heteroatoms. The number of piperazine rings is 1. The van der Waals surface area contributed by atoms with Gasteiger partial charge in [0.05, 0.1) is 5.92 Å². The van der Waals surface area contributed by atoms with Crippen molar-refractivity contribution >= 4 is 23.2 Å². The van der Waals surface area contributed by atoms with E-state index < -0.39 is 0 Å². The van der Waals surface area contributed by atoms with Gasteiger partial charge in [-0.25, -0.2) is 4.39 Å². The zero-order valence-electron chi connectivity index (χ0n) is 20.3. The maximum Gasteiger partial charge on any atom is 0.227 e. The van der Waals surface area contributed by atoms with Crippen molar-refractivity contribution in [1.29, 1.82) is 0 Å². The Morgan fingerprint density at radius 1 is 0.909 bits per heavy atom. The highest BCUT2D eigenvalue weighted by Gasteiger charge is 2.45. The van der Waals surface area contributed by atoms with Gasteiger partial charge in [0.2, 0.25) is 5.91 Å². The molecule has 2 heterocycles. The van der Waals surface area contributed by atoms with Gasteiger partial charge < -0.3 is 9.80 Å². The first-order valence-corrected chi connectivity index (χ1v) is 12.3. The molecule has 0 aliphatic carbocycles. The van der Waals surface area contributed by atoms with Crippen LogP contribution in [0.25, 0.3) is 0 Å². The van der Waals surface area contributed by atoms with Crippen LogP contribution in [-0.2, 0) is 4.79 Å². The van der Waals surface area contributed by atoms with Crippen LogP contribution in [-0.4, -0.2) is 59.5 Å². The summed E-state index contributed by atoms with van der Waals surface area (Å²) >= 11 is 6.13. The molecule has 2 aromatic carbocycles. The van der Waals surface area contributed by atoms with E-state index in [2.05, 4.69) is 61.5 Å². The number of carbonyl (C=O) groups excluding carboxylic acids is 1. The van der Waals surface area contributed by atoms with Gasteiger partial charge >= 0.3 is 0 Å². The third-order valence-electron chi connectivity index (χ3n) is 7.24. The first-order valence-electron chi connectivity index (χ1n) is 11.9. The number of hydrogen-bond donors (Lipinski definition) is 0. The molecule has 1 amide bonds. The van der Waals surface area contributed by atoms with Crippen molar-refractivity contribution in [3.8, 4) is 0 Å². The lowest BCUT2D eigenvalue weighted by Gasteiger charge is -2.46. The van der Waals surface area contributed by atoms with Gasteiger partial charge in [0.15, 0.2) is 0 Å². The standard InChI is InChI=1S/C27H35ClFN3O/c1-18-14-30(15-19(2)32(18)23-12-10-22(29)11-13-23)26(33)25-17-31(27(3,4)5)16-24(25)20-6-8-21(28)9-7-20/h6-13,18-19,24-25H,14-17H2,1-5H3/t18-,19+,24-,25+/m0/s1. The summed E-state index contributed by atoms with van der Waals surface area (Å²) in [6.07, 6.45) is 0. The fourth-order valence-corrected chi connectivity index (χ4v) is 5.63. The van der Waals surface area contributed by atoms with Gasteiger partial charge in [-0.1, -0.05) is 23.7 Å². The number of nitrogens with zero attached hydrogens (tertiary/aromatic N) is 3. The second-order valence-corrected chi connectivity index (χ2v) is 11.1. The molecule has 0 N–H and O–H groups in total. The molecule has 2 saturated heterocycles. The minimum Gasteiger partial charge on any atom is -0.363 e. The summed E-state index contributed by atoms with van der Waals surface area (Å²) in [4.78, 5) is 20.7. The highest BCUT2D eigenvalue weighted by molar-refractivity contribution is 6.30. The van der Waals surface area contributed by atoms with Crippen LogP contribution in [0.15, 0.2) is 48.5 Å². The highest BCUT2D eigenvalue weighted by atomic mass is 35.5. The van der Waals surface area contributed by atoms with Crippen molar-refractivity contribution in [3.63, 3.8) is 0 Å². The van der Waals surface area contributed by atoms with Gasteiger partial charge in [0.1, 0.15) is 5.82 Å². The number of benzene rings is 2. The van der Waals surface area contributed by atoms with E-state index in [0.29, 0.717) is 18.1 Å². The Morgan fingerprint density at radius 2 is 1.48 bits per heavy atom. The third-order valence-corrected chi connectivity index (χ3v) is 7.49. The lowest BCUT2D eigenvalue weighted by Crippen LogP contribution is -2.59. The number of hydrogen-bond acceptors (Lipinski definition) is 3. The SMILES string of the molecule is C[C@@H]1CN(C(=O)[C@@H]2CN(C(C)(C)C)C[C@H]2c2ccc(Cl)cc2)C[C@H](C)N1c1ccc(F)cc1. The van der Waals surface area contributed by atoms with Gasteiger partial charge in [-0.15, -0.1) is 0 Å². The van der Waals surface area contributed by atoms with Crippen LogP contribution in [0.5, 0.6) is 0 Å². The molecular formula is C27H35ClFN3O. The maximum absolute atomic E-state index is 13.9. The van der Waals surface area contributed by atoms with Crippen LogP contribution < -0.4 is 4.90 Å². The normalized spacial score (nSPS) is 26.6. The first-order chi connectivity index (χ1) is 15.5. The zero-order chi connectivity index (χ0) is 23.9. The van der Waals surface area contributed by atoms with E-state index in [9.17, 15) is 9.18 Å². The van der Waals surface area contributed by atoms with Crippen LogP contribution in [0, 0.1) is 11.7 Å². The number of rotatable bonds is 3. The second-order valence-electron chi connectivity index (χ2n) is 10.7. The molecule has 4 nitrogen and oxygen atoms in total. The molecule has 4 atom stereocenters. The number of amides is 1. The number of carbonyl (C=O) groups is 1. The van der Waals surface area contributed by atoms with Crippen LogP contribution >= 0.6 is 11.6 Å². The molecule has 2 aromatic rings.